The number of nitrogens with zero attached hydrogens (tertiary/aromatic N) is 2. The van der Waals surface area contributed by atoms with Gasteiger partial charge in [-0.3, -0.25) is 62.5 Å². The van der Waals surface area contributed by atoms with Crippen LogP contribution in [0.1, 0.15) is 144 Å². The summed E-state index contributed by atoms with van der Waals surface area (Å²) < 4.78 is 0. The topological polar surface area (TPSA) is 537 Å². The molecule has 2 aliphatic heterocycles. The van der Waals surface area contributed by atoms with E-state index in [-0.39, 0.29) is 114 Å². The molecule has 33 nitrogen and oxygen atoms in total. The van der Waals surface area contributed by atoms with Crippen molar-refractivity contribution in [3.63, 3.8) is 0 Å². The molecule has 1 aromatic heterocycles. The zero-order valence-corrected chi connectivity index (χ0v) is 61.9. The first-order chi connectivity index (χ1) is 46.8. The van der Waals surface area contributed by atoms with Crippen molar-refractivity contribution in [1.82, 2.24) is 68.5 Å². The summed E-state index contributed by atoms with van der Waals surface area (Å²) in [6.07, 6.45) is -0.320. The summed E-state index contributed by atoms with van der Waals surface area (Å²) in [5.41, 5.74) is 18.6. The molecule has 548 valence electrons. The SMILES string of the molecule is CC[C@H](C)[C@H](N)C1=N[C@H](C(=O)N[C@@H](CC(C)C)C(=O)N[C@H](CCC(=O)[O-])C(=O)N[C@H](C(=O)N[C@H]2CCCCNC(=O)[C@H](CC(N)=O)NC(=O)[C@@H](CC(=O)[O-])NC(=O)[C@H](Cc3cnc[nH]3)NC(=O)[C@@H](Cc3ccccc3)NC(=O)[C@H]([C@@H](C)CC)NC(=O)[C@@H](CCCN)NC2=O)C(C)C)CS1.[Zn+2]. The fourth-order valence-electron chi connectivity index (χ4n) is 10.7. The summed E-state index contributed by atoms with van der Waals surface area (Å²) in [5.74, 6) is -16.3. The minimum absolute atomic E-state index is 0. The van der Waals surface area contributed by atoms with Crippen LogP contribution < -0.4 is 85.9 Å². The summed E-state index contributed by atoms with van der Waals surface area (Å²) >= 11 is 1.34. The fraction of sp³-hybridized carbons (Fsp3) is 0.631. The minimum atomic E-state index is -2.01. The summed E-state index contributed by atoms with van der Waals surface area (Å²) in [6.45, 7) is 13.8. The summed E-state index contributed by atoms with van der Waals surface area (Å²) in [4.78, 5) is 206. The first kappa shape index (κ1) is 85.8. The second kappa shape index (κ2) is 43.3. The molecule has 14 atom stereocenters. The zero-order chi connectivity index (χ0) is 73.6. The average Bonchev–Trinajstić information content (AvgIpc) is 1.22. The molecule has 1 aromatic carbocycles. The average molecular weight is 1470 g/mol. The van der Waals surface area contributed by atoms with Crippen molar-refractivity contribution < 1.29 is 96.8 Å². The number of aliphatic imine (C=N–C) groups is 1. The summed E-state index contributed by atoms with van der Waals surface area (Å²) in [6, 6.07) is -8.64. The molecule has 35 heteroatoms. The zero-order valence-electron chi connectivity index (χ0n) is 58.1. The van der Waals surface area contributed by atoms with Gasteiger partial charge in [0.1, 0.15) is 66.5 Å². The van der Waals surface area contributed by atoms with Gasteiger partial charge in [-0.15, -0.1) is 11.8 Å². The second-order valence-corrected chi connectivity index (χ2v) is 26.8. The van der Waals surface area contributed by atoms with Crippen LogP contribution in [0, 0.1) is 23.7 Å². The number of aromatic amines is 1. The largest absolute Gasteiger partial charge is 2.00 e. The molecule has 100 heavy (non-hydrogen) atoms. The molecule has 0 bridgehead atoms. The number of carboxylic acids is 2. The number of hydrogen-bond acceptors (Lipinski definition) is 21. The van der Waals surface area contributed by atoms with E-state index < -0.39 is 193 Å². The van der Waals surface area contributed by atoms with E-state index in [1.54, 1.807) is 71.9 Å². The first-order valence-electron chi connectivity index (χ1n) is 33.5. The van der Waals surface area contributed by atoms with E-state index in [2.05, 4.69) is 73.4 Å². The monoisotopic (exact) mass is 1470 g/mol. The molecule has 0 unspecified atom stereocenters. The van der Waals surface area contributed by atoms with Gasteiger partial charge in [0.25, 0.3) is 0 Å². The number of carbonyl (C=O) groups is 14. The van der Waals surface area contributed by atoms with Gasteiger partial charge in [0.2, 0.25) is 70.9 Å². The van der Waals surface area contributed by atoms with Gasteiger partial charge in [0.15, 0.2) is 0 Å². The molecule has 4 rings (SSSR count). The number of amides is 12. The second-order valence-electron chi connectivity index (χ2n) is 25.8. The number of aromatic nitrogens is 2. The third kappa shape index (κ3) is 28.7. The van der Waals surface area contributed by atoms with Crippen LogP contribution in [0.3, 0.4) is 0 Å². The van der Waals surface area contributed by atoms with E-state index in [0.717, 1.165) is 6.42 Å². The van der Waals surface area contributed by atoms with Gasteiger partial charge in [-0.25, -0.2) is 4.98 Å². The Balaban J connectivity index is 0.0000260. The predicted octanol–water partition coefficient (Wildman–Crippen LogP) is -4.74. The van der Waals surface area contributed by atoms with E-state index in [0.29, 0.717) is 10.6 Å². The third-order valence-electron chi connectivity index (χ3n) is 16.9. The standard InChI is InChI=1S/C65H101N17O16S.Zn/c1-9-35(7)51(68)65-80-47(31-99-65)62(96)75-42(25-33(3)4)58(92)73-41(21-22-49(84)85)57(91)81-52(34(5)6)63(97)74-39-19-14-15-24-70-54(88)45(28-48(67)83)77-61(95)46(29-50(86)87)78-60(94)44(27-38-30-69-32-71-38)76-59(93)43(26-37-17-12-11-13-18-37)79-64(98)53(36(8)10-2)82-56(90)40(20-16-23-66)72-55(39)89;/h11-13,17-18,30,32-36,39-47,51-53H,9-10,14-16,19-29,31,66,68H2,1-8H3,(H2,67,83)(H,69,71)(H,70,88)(H,72,89)(H,73,92)(H,74,97)(H,75,96)(H,76,93)(H,77,95)(H,78,94)(H,79,98)(H,81,91)(H,82,90)(H,84,85)(H,86,87);/q;+2/p-2/t35-,36-,39-,40+,41+,42-,43+,44-,45-,46+,47-,51-,52-,53-;/m0./s1. The van der Waals surface area contributed by atoms with Crippen molar-refractivity contribution in [2.45, 2.75) is 218 Å². The van der Waals surface area contributed by atoms with Gasteiger partial charge in [0.05, 0.1) is 23.8 Å². The molecular formula is C65H99N17O16SZn. The number of hydrogen-bond donors (Lipinski definition) is 15. The van der Waals surface area contributed by atoms with E-state index in [1.807, 2.05) is 13.8 Å². The number of benzene rings is 1. The Morgan fingerprint density at radius 2 is 1.28 bits per heavy atom. The van der Waals surface area contributed by atoms with Crippen LogP contribution in [0.25, 0.3) is 0 Å². The number of H-pyrrole nitrogens is 1. The summed E-state index contributed by atoms with van der Waals surface area (Å²) in [7, 11) is 0. The third-order valence-corrected chi connectivity index (χ3v) is 18.1. The summed E-state index contributed by atoms with van der Waals surface area (Å²) in [5, 5.41) is 52.9. The normalized spacial score (nSPS) is 22.8. The number of thioether (sulfide) groups is 1. The predicted molar refractivity (Wildman–Crippen MR) is 359 cm³/mol. The molecule has 0 saturated carbocycles. The Labute approximate surface area is 598 Å². The Kier molecular flexibility index (Phi) is 37.1. The van der Waals surface area contributed by atoms with Crippen molar-refractivity contribution in [2.24, 2.45) is 45.9 Å². The van der Waals surface area contributed by atoms with E-state index in [9.17, 15) is 77.3 Å². The number of carbonyl (C=O) groups excluding carboxylic acids is 14. The van der Waals surface area contributed by atoms with Crippen LogP contribution in [0.4, 0.5) is 0 Å². The Morgan fingerprint density at radius 1 is 0.680 bits per heavy atom. The van der Waals surface area contributed by atoms with Gasteiger partial charge in [-0.1, -0.05) is 98.6 Å². The Hall–Kier alpha value is -8.43. The Bertz CT molecular complexity index is 3150. The van der Waals surface area contributed by atoms with Crippen molar-refractivity contribution >= 4 is 99.6 Å². The smallest absolute Gasteiger partial charge is 0.550 e. The van der Waals surface area contributed by atoms with Crippen LogP contribution in [-0.4, -0.2) is 189 Å². The van der Waals surface area contributed by atoms with Crippen LogP contribution in [0.2, 0.25) is 0 Å². The first-order valence-corrected chi connectivity index (χ1v) is 34.5. The fourth-order valence-corrected chi connectivity index (χ4v) is 11.9. The number of nitrogens with one attached hydrogen (secondary N) is 12. The maximum absolute atomic E-state index is 14.8. The molecule has 1 fully saturated rings. The van der Waals surface area contributed by atoms with Crippen molar-refractivity contribution in [2.75, 3.05) is 18.8 Å². The number of rotatable bonds is 30. The molecule has 18 N–H and O–H groups in total. The van der Waals surface area contributed by atoms with E-state index in [1.165, 1.54) is 24.3 Å². The van der Waals surface area contributed by atoms with Crippen LogP contribution in [0.15, 0.2) is 47.8 Å². The molecule has 0 radical (unpaired) electrons. The number of aliphatic carboxylic acids is 2. The molecule has 1 saturated heterocycles. The maximum atomic E-state index is 14.8. The van der Waals surface area contributed by atoms with Crippen molar-refractivity contribution in [1.29, 1.82) is 0 Å². The molecule has 12 amide bonds. The van der Waals surface area contributed by atoms with Crippen LogP contribution >= 0.6 is 11.8 Å². The molecule has 0 aliphatic carbocycles. The van der Waals surface area contributed by atoms with Crippen molar-refractivity contribution in [3.8, 4) is 0 Å². The molecule has 2 aliphatic rings. The van der Waals surface area contributed by atoms with Gasteiger partial charge in [-0.2, -0.15) is 0 Å². The quantitative estimate of drug-likeness (QED) is 0.0327. The van der Waals surface area contributed by atoms with Gasteiger partial charge in [0, 0.05) is 55.4 Å². The number of imidazole rings is 1. The minimum Gasteiger partial charge on any atom is -0.550 e. The van der Waals surface area contributed by atoms with Crippen LogP contribution in [0.5, 0.6) is 0 Å². The van der Waals surface area contributed by atoms with Gasteiger partial charge in [-0.05, 0) is 87.1 Å². The molecular weight excluding hydrogens is 1370 g/mol. The van der Waals surface area contributed by atoms with E-state index in [4.69, 9.17) is 17.2 Å². The number of primary amides is 1. The molecule has 0 spiro atoms. The number of nitrogens with two attached hydrogens (primary N) is 3. The van der Waals surface area contributed by atoms with Crippen LogP contribution in [-0.2, 0) is 99.4 Å². The molecule has 3 heterocycles. The Morgan fingerprint density at radius 3 is 1.86 bits per heavy atom. The number of carboxylic acid groups (broad SMARTS) is 2. The van der Waals surface area contributed by atoms with Gasteiger partial charge >= 0.3 is 19.5 Å². The van der Waals surface area contributed by atoms with Gasteiger partial charge < -0.3 is 100 Å². The van der Waals surface area contributed by atoms with Crippen molar-refractivity contribution in [3.05, 3.63) is 54.1 Å². The van der Waals surface area contributed by atoms with E-state index >= 15 is 0 Å². The maximum Gasteiger partial charge on any atom is 2.00 e. The molecule has 2 aromatic rings.